The first-order valence-electron chi connectivity index (χ1n) is 5.83. The summed E-state index contributed by atoms with van der Waals surface area (Å²) in [5.74, 6) is -0.451. The largest absolute Gasteiger partial charge is 0.493 e. The van der Waals surface area contributed by atoms with Gasteiger partial charge in [0.1, 0.15) is 11.8 Å². The van der Waals surface area contributed by atoms with Crippen LogP contribution < -0.4 is 10.1 Å². The molecular formula is C13H15NO4. The second-order valence-corrected chi connectivity index (χ2v) is 4.34. The van der Waals surface area contributed by atoms with Gasteiger partial charge in [0.05, 0.1) is 13.0 Å². The molecule has 1 aliphatic heterocycles. The zero-order valence-electron chi connectivity index (χ0n) is 10.1. The molecule has 1 aromatic carbocycles. The van der Waals surface area contributed by atoms with Crippen LogP contribution in [0.4, 0.5) is 0 Å². The number of hydrogen-bond donors (Lipinski definition) is 2. The van der Waals surface area contributed by atoms with E-state index in [4.69, 9.17) is 9.84 Å². The zero-order chi connectivity index (χ0) is 13.1. The maximum Gasteiger partial charge on any atom is 0.325 e. The smallest absolute Gasteiger partial charge is 0.325 e. The first-order valence-corrected chi connectivity index (χ1v) is 5.83. The third-order valence-corrected chi connectivity index (χ3v) is 2.87. The van der Waals surface area contributed by atoms with Crippen molar-refractivity contribution in [2.24, 2.45) is 0 Å². The predicted octanol–water partition coefficient (Wildman–Crippen LogP) is 0.753. The molecule has 18 heavy (non-hydrogen) atoms. The number of rotatable bonds is 4. The standard InChI is InChI=1S/C13H15NO4/c1-8(13(16)17)14-12(15)7-9-2-3-11-10(6-9)4-5-18-11/h2-3,6,8H,4-5,7H2,1H3,(H,14,15)(H,16,17)/t8-/m0/s1. The third-order valence-electron chi connectivity index (χ3n) is 2.87. The third kappa shape index (κ3) is 2.80. The van der Waals surface area contributed by atoms with Gasteiger partial charge in [0.15, 0.2) is 0 Å². The molecule has 2 rings (SSSR count). The summed E-state index contributed by atoms with van der Waals surface area (Å²) in [5.41, 5.74) is 1.97. The maximum absolute atomic E-state index is 11.6. The van der Waals surface area contributed by atoms with Crippen molar-refractivity contribution in [1.29, 1.82) is 0 Å². The van der Waals surface area contributed by atoms with E-state index in [1.807, 2.05) is 18.2 Å². The average molecular weight is 249 g/mol. The number of fused-ring (bicyclic) bond motifs is 1. The van der Waals surface area contributed by atoms with Gasteiger partial charge in [-0.3, -0.25) is 9.59 Å². The monoisotopic (exact) mass is 249 g/mol. The average Bonchev–Trinajstić information content (AvgIpc) is 2.75. The lowest BCUT2D eigenvalue weighted by atomic mass is 10.1. The zero-order valence-corrected chi connectivity index (χ0v) is 10.1. The van der Waals surface area contributed by atoms with Crippen molar-refractivity contribution < 1.29 is 19.4 Å². The first-order chi connectivity index (χ1) is 8.56. The van der Waals surface area contributed by atoms with Crippen LogP contribution in [0.3, 0.4) is 0 Å². The lowest BCUT2D eigenvalue weighted by Gasteiger charge is -2.09. The van der Waals surface area contributed by atoms with Gasteiger partial charge in [-0.25, -0.2) is 0 Å². The van der Waals surface area contributed by atoms with Gasteiger partial charge in [-0.1, -0.05) is 12.1 Å². The van der Waals surface area contributed by atoms with E-state index < -0.39 is 12.0 Å². The molecule has 1 atom stereocenters. The Balaban J connectivity index is 1.97. The van der Waals surface area contributed by atoms with Crippen molar-refractivity contribution in [2.45, 2.75) is 25.8 Å². The summed E-state index contributed by atoms with van der Waals surface area (Å²) in [6.45, 7) is 2.12. The Morgan fingerprint density at radius 1 is 1.50 bits per heavy atom. The number of nitrogens with one attached hydrogen (secondary N) is 1. The number of aliphatic carboxylic acids is 1. The Kier molecular flexibility index (Phi) is 3.50. The van der Waals surface area contributed by atoms with Gasteiger partial charge in [-0.2, -0.15) is 0 Å². The Morgan fingerprint density at radius 3 is 3.00 bits per heavy atom. The van der Waals surface area contributed by atoms with Crippen LogP contribution in [0.15, 0.2) is 18.2 Å². The Hall–Kier alpha value is -2.04. The topological polar surface area (TPSA) is 75.6 Å². The van der Waals surface area contributed by atoms with E-state index in [9.17, 15) is 9.59 Å². The van der Waals surface area contributed by atoms with Gasteiger partial charge >= 0.3 is 5.97 Å². The lowest BCUT2D eigenvalue weighted by Crippen LogP contribution is -2.39. The predicted molar refractivity (Wildman–Crippen MR) is 64.6 cm³/mol. The van der Waals surface area contributed by atoms with E-state index in [0.717, 1.165) is 23.3 Å². The highest BCUT2D eigenvalue weighted by molar-refractivity contribution is 5.84. The quantitative estimate of drug-likeness (QED) is 0.825. The second kappa shape index (κ2) is 5.08. The van der Waals surface area contributed by atoms with Gasteiger partial charge in [-0.05, 0) is 24.1 Å². The molecule has 0 aliphatic carbocycles. The summed E-state index contributed by atoms with van der Waals surface area (Å²) in [6, 6.07) is 4.75. The van der Waals surface area contributed by atoms with Crippen LogP contribution in [-0.4, -0.2) is 29.6 Å². The summed E-state index contributed by atoms with van der Waals surface area (Å²) < 4.78 is 5.38. The molecule has 0 aromatic heterocycles. The van der Waals surface area contributed by atoms with E-state index in [1.54, 1.807) is 0 Å². The molecule has 0 saturated heterocycles. The summed E-state index contributed by atoms with van der Waals surface area (Å²) in [6.07, 6.45) is 1.04. The molecule has 0 spiro atoms. The van der Waals surface area contributed by atoms with Crippen molar-refractivity contribution in [2.75, 3.05) is 6.61 Å². The van der Waals surface area contributed by atoms with E-state index in [2.05, 4.69) is 5.32 Å². The first kappa shape index (κ1) is 12.4. The van der Waals surface area contributed by atoms with Crippen LogP contribution in [0.5, 0.6) is 5.75 Å². The van der Waals surface area contributed by atoms with Gasteiger partial charge in [-0.15, -0.1) is 0 Å². The van der Waals surface area contributed by atoms with E-state index in [0.29, 0.717) is 6.61 Å². The van der Waals surface area contributed by atoms with Crippen molar-refractivity contribution in [1.82, 2.24) is 5.32 Å². The molecule has 5 nitrogen and oxygen atoms in total. The van der Waals surface area contributed by atoms with Crippen molar-refractivity contribution in [3.8, 4) is 5.75 Å². The molecule has 0 unspecified atom stereocenters. The van der Waals surface area contributed by atoms with Crippen LogP contribution in [0.2, 0.25) is 0 Å². The SMILES string of the molecule is C[C@H](NC(=O)Cc1ccc2c(c1)CCO2)C(=O)O. The molecule has 96 valence electrons. The Bertz CT molecular complexity index is 484. The molecule has 1 heterocycles. The highest BCUT2D eigenvalue weighted by Crippen LogP contribution is 2.25. The van der Waals surface area contributed by atoms with Gasteiger partial charge in [0, 0.05) is 6.42 Å². The molecule has 0 saturated carbocycles. The van der Waals surface area contributed by atoms with Crippen LogP contribution in [0.1, 0.15) is 18.1 Å². The van der Waals surface area contributed by atoms with Crippen molar-refractivity contribution >= 4 is 11.9 Å². The number of amides is 1. The molecule has 1 amide bonds. The van der Waals surface area contributed by atoms with E-state index in [-0.39, 0.29) is 12.3 Å². The number of carboxylic acid groups (broad SMARTS) is 1. The van der Waals surface area contributed by atoms with Crippen LogP contribution in [-0.2, 0) is 22.4 Å². The number of hydrogen-bond acceptors (Lipinski definition) is 3. The summed E-state index contributed by atoms with van der Waals surface area (Å²) >= 11 is 0. The molecule has 0 fully saturated rings. The minimum atomic E-state index is -1.04. The lowest BCUT2D eigenvalue weighted by molar-refractivity contribution is -0.141. The molecule has 0 bridgehead atoms. The van der Waals surface area contributed by atoms with Crippen molar-refractivity contribution in [3.63, 3.8) is 0 Å². The van der Waals surface area contributed by atoms with Gasteiger partial charge in [0.25, 0.3) is 0 Å². The molecular weight excluding hydrogens is 234 g/mol. The molecule has 2 N–H and O–H groups in total. The normalized spacial score (nSPS) is 14.5. The number of carbonyl (C=O) groups excluding carboxylic acids is 1. The summed E-state index contributed by atoms with van der Waals surface area (Å²) in [7, 11) is 0. The van der Waals surface area contributed by atoms with E-state index >= 15 is 0 Å². The highest BCUT2D eigenvalue weighted by Gasteiger charge is 2.16. The Morgan fingerprint density at radius 2 is 2.28 bits per heavy atom. The number of benzene rings is 1. The second-order valence-electron chi connectivity index (χ2n) is 4.34. The number of carbonyl (C=O) groups is 2. The molecule has 5 heteroatoms. The minimum absolute atomic E-state index is 0.185. The van der Waals surface area contributed by atoms with Crippen LogP contribution in [0.25, 0.3) is 0 Å². The number of carboxylic acids is 1. The summed E-state index contributed by atoms with van der Waals surface area (Å²) in [4.78, 5) is 22.2. The van der Waals surface area contributed by atoms with Gasteiger partial charge in [0.2, 0.25) is 5.91 Å². The number of ether oxygens (including phenoxy) is 1. The molecule has 0 radical (unpaired) electrons. The fourth-order valence-electron chi connectivity index (χ4n) is 1.89. The van der Waals surface area contributed by atoms with Gasteiger partial charge < -0.3 is 15.2 Å². The highest BCUT2D eigenvalue weighted by atomic mass is 16.5. The minimum Gasteiger partial charge on any atom is -0.493 e. The van der Waals surface area contributed by atoms with Crippen LogP contribution in [0, 0.1) is 0 Å². The van der Waals surface area contributed by atoms with Crippen molar-refractivity contribution in [3.05, 3.63) is 29.3 Å². The maximum atomic E-state index is 11.6. The fourth-order valence-corrected chi connectivity index (χ4v) is 1.89. The molecule has 1 aromatic rings. The fraction of sp³-hybridized carbons (Fsp3) is 0.385. The van der Waals surface area contributed by atoms with E-state index in [1.165, 1.54) is 6.92 Å². The Labute approximate surface area is 105 Å². The summed E-state index contributed by atoms with van der Waals surface area (Å²) in [5, 5.41) is 11.1. The van der Waals surface area contributed by atoms with Crippen LogP contribution >= 0.6 is 0 Å². The molecule has 1 aliphatic rings.